The van der Waals surface area contributed by atoms with Crippen LogP contribution < -0.4 is 4.74 Å². The van der Waals surface area contributed by atoms with Gasteiger partial charge in [-0.25, -0.2) is 0 Å². The lowest BCUT2D eigenvalue weighted by Crippen LogP contribution is -2.50. The Morgan fingerprint density at radius 1 is 1.00 bits per heavy atom. The van der Waals surface area contributed by atoms with Gasteiger partial charge in [0.15, 0.2) is 0 Å². The van der Waals surface area contributed by atoms with E-state index in [4.69, 9.17) is 4.74 Å². The molecule has 176 valence electrons. The molecule has 1 atom stereocenters. The molecule has 1 aromatic heterocycles. The number of hydrogen-bond donors (Lipinski definition) is 0. The van der Waals surface area contributed by atoms with Crippen LogP contribution in [0.15, 0.2) is 72.1 Å². The van der Waals surface area contributed by atoms with Crippen LogP contribution in [-0.2, 0) is 12.1 Å². The van der Waals surface area contributed by atoms with Gasteiger partial charge in [0.25, 0.3) is 0 Å². The summed E-state index contributed by atoms with van der Waals surface area (Å²) in [5.41, 5.74) is 2.91. The lowest BCUT2D eigenvalue weighted by Gasteiger charge is -2.46. The molecule has 1 aliphatic rings. The van der Waals surface area contributed by atoms with Crippen molar-refractivity contribution in [2.24, 2.45) is 0 Å². The summed E-state index contributed by atoms with van der Waals surface area (Å²) in [7, 11) is 4.46. The molecule has 4 rings (SSSR count). The van der Waals surface area contributed by atoms with Crippen LogP contribution in [0.5, 0.6) is 5.75 Å². The van der Waals surface area contributed by atoms with Gasteiger partial charge in [0.2, 0.25) is 0 Å². The van der Waals surface area contributed by atoms with Gasteiger partial charge in [0.05, 0.1) is 0 Å². The van der Waals surface area contributed by atoms with Crippen molar-refractivity contribution in [3.8, 4) is 5.75 Å². The van der Waals surface area contributed by atoms with Gasteiger partial charge in [-0.3, -0.25) is 9.80 Å². The zero-order valence-electron chi connectivity index (χ0n) is 20.4. The molecule has 0 amide bonds. The van der Waals surface area contributed by atoms with Crippen molar-refractivity contribution >= 4 is 11.3 Å². The van der Waals surface area contributed by atoms with Crippen LogP contribution in [0.4, 0.5) is 0 Å². The van der Waals surface area contributed by atoms with Crippen LogP contribution in [0.25, 0.3) is 0 Å². The Hall–Kier alpha value is -2.14. The predicted octanol–water partition coefficient (Wildman–Crippen LogP) is 7.11. The first kappa shape index (κ1) is 24.0. The molecule has 1 saturated heterocycles. The second-order valence-electron chi connectivity index (χ2n) is 9.48. The van der Waals surface area contributed by atoms with Gasteiger partial charge in [-0.05, 0) is 74.5 Å². The van der Waals surface area contributed by atoms with Crippen LogP contribution in [0.1, 0.15) is 61.1 Å². The molecule has 0 unspecified atom stereocenters. The Morgan fingerprint density at radius 2 is 1.79 bits per heavy atom. The maximum absolute atomic E-state index is 6.50. The molecule has 4 heteroatoms. The van der Waals surface area contributed by atoms with Gasteiger partial charge in [-0.1, -0.05) is 61.9 Å². The smallest absolute Gasteiger partial charge is 0.133 e. The Kier molecular flexibility index (Phi) is 8.24. The number of rotatable bonds is 10. The molecule has 1 aliphatic heterocycles. The van der Waals surface area contributed by atoms with E-state index < -0.39 is 0 Å². The van der Waals surface area contributed by atoms with E-state index in [1.807, 2.05) is 0 Å². The fraction of sp³-hybridized carbons (Fsp3) is 0.448. The monoisotopic (exact) mass is 462 g/mol. The number of unbranched alkanes of at least 4 members (excludes halogenated alkanes) is 1. The summed E-state index contributed by atoms with van der Waals surface area (Å²) in [6.07, 6.45) is 5.90. The van der Waals surface area contributed by atoms with Crippen LogP contribution >= 0.6 is 11.3 Å². The van der Waals surface area contributed by atoms with Gasteiger partial charge < -0.3 is 4.74 Å². The second kappa shape index (κ2) is 11.3. The van der Waals surface area contributed by atoms with E-state index in [2.05, 4.69) is 103 Å². The minimum atomic E-state index is 0.135. The van der Waals surface area contributed by atoms with Crippen LogP contribution in [-0.4, -0.2) is 37.0 Å². The lowest BCUT2D eigenvalue weighted by molar-refractivity contribution is 0.0507. The van der Waals surface area contributed by atoms with Crippen LogP contribution in [0, 0.1) is 0 Å². The molecular formula is C29H38N2OS. The maximum Gasteiger partial charge on any atom is 0.133 e. The minimum Gasteiger partial charge on any atom is -0.485 e. The van der Waals surface area contributed by atoms with Crippen molar-refractivity contribution in [3.05, 3.63) is 88.1 Å². The van der Waals surface area contributed by atoms with E-state index in [9.17, 15) is 0 Å². The molecule has 0 aliphatic carbocycles. The van der Waals surface area contributed by atoms with Crippen molar-refractivity contribution in [2.75, 3.05) is 27.2 Å². The summed E-state index contributed by atoms with van der Waals surface area (Å²) < 4.78 is 6.50. The predicted molar refractivity (Wildman–Crippen MR) is 140 cm³/mol. The third kappa shape index (κ3) is 5.87. The molecule has 0 radical (unpaired) electrons. The van der Waals surface area contributed by atoms with Gasteiger partial charge >= 0.3 is 0 Å². The summed E-state index contributed by atoms with van der Waals surface area (Å²) in [4.78, 5) is 6.35. The summed E-state index contributed by atoms with van der Waals surface area (Å²) >= 11 is 1.80. The van der Waals surface area contributed by atoms with E-state index in [-0.39, 0.29) is 11.6 Å². The zero-order chi connectivity index (χ0) is 23.1. The fourth-order valence-corrected chi connectivity index (χ4v) is 5.88. The highest BCUT2D eigenvalue weighted by Crippen LogP contribution is 2.38. The number of hydrogen-bond acceptors (Lipinski definition) is 4. The Labute approximate surface area is 204 Å². The molecular weight excluding hydrogens is 424 g/mol. The van der Waals surface area contributed by atoms with E-state index in [0.717, 1.165) is 44.6 Å². The molecule has 0 spiro atoms. The first-order valence-corrected chi connectivity index (χ1v) is 13.2. The van der Waals surface area contributed by atoms with Gasteiger partial charge in [0.1, 0.15) is 11.9 Å². The Morgan fingerprint density at radius 3 is 2.45 bits per heavy atom. The number of benzene rings is 2. The summed E-state index contributed by atoms with van der Waals surface area (Å²) in [6.45, 7) is 5.43. The summed E-state index contributed by atoms with van der Waals surface area (Å²) in [5, 5.41) is 2.15. The highest BCUT2D eigenvalue weighted by Gasteiger charge is 2.37. The van der Waals surface area contributed by atoms with Crippen molar-refractivity contribution < 1.29 is 4.74 Å². The normalized spacial score (nSPS) is 17.2. The molecule has 3 aromatic rings. The van der Waals surface area contributed by atoms with E-state index >= 15 is 0 Å². The van der Waals surface area contributed by atoms with Gasteiger partial charge in [0, 0.05) is 30.1 Å². The average molecular weight is 463 g/mol. The molecule has 0 bridgehead atoms. The largest absolute Gasteiger partial charge is 0.485 e. The minimum absolute atomic E-state index is 0.135. The standard InChI is InChI=1S/C29H38N2OS/c1-4-5-15-27(28-16-10-21-33-28)32-26-14-9-11-24(22-26)23-31-19-17-29(18-20-31,30(2)3)25-12-7-6-8-13-25/h6-14,16,21-22,27H,4-5,15,17-20,23H2,1-3H3/t27-/m1/s1. The molecule has 2 heterocycles. The first-order valence-electron chi connectivity index (χ1n) is 12.3. The Bertz CT molecular complexity index is 962. The molecule has 33 heavy (non-hydrogen) atoms. The molecule has 0 N–H and O–H groups in total. The number of thiophene rings is 1. The Balaban J connectivity index is 1.40. The van der Waals surface area contributed by atoms with E-state index in [1.54, 1.807) is 11.3 Å². The fourth-order valence-electron chi connectivity index (χ4n) is 5.09. The third-order valence-corrected chi connectivity index (χ3v) is 8.08. The average Bonchev–Trinajstić information content (AvgIpc) is 3.38. The number of likely N-dealkylation sites (tertiary alicyclic amines) is 1. The zero-order valence-corrected chi connectivity index (χ0v) is 21.2. The van der Waals surface area contributed by atoms with Crippen LogP contribution in [0.3, 0.4) is 0 Å². The first-order chi connectivity index (χ1) is 16.1. The maximum atomic E-state index is 6.50. The second-order valence-corrected chi connectivity index (χ2v) is 10.5. The van der Waals surface area contributed by atoms with E-state index in [0.29, 0.717) is 0 Å². The lowest BCUT2D eigenvalue weighted by atomic mass is 9.79. The quantitative estimate of drug-likeness (QED) is 0.319. The van der Waals surface area contributed by atoms with Gasteiger partial charge in [-0.15, -0.1) is 11.3 Å². The number of piperidine rings is 1. The summed E-state index contributed by atoms with van der Waals surface area (Å²) in [5.74, 6) is 0.992. The topological polar surface area (TPSA) is 15.7 Å². The molecule has 3 nitrogen and oxygen atoms in total. The third-order valence-electron chi connectivity index (χ3n) is 7.11. The van der Waals surface area contributed by atoms with Gasteiger partial charge in [-0.2, -0.15) is 0 Å². The van der Waals surface area contributed by atoms with Crippen molar-refractivity contribution in [2.45, 2.75) is 57.2 Å². The molecule has 2 aromatic carbocycles. The molecule has 1 fully saturated rings. The summed E-state index contributed by atoms with van der Waals surface area (Å²) in [6, 6.07) is 24.1. The number of ether oxygens (including phenoxy) is 1. The highest BCUT2D eigenvalue weighted by molar-refractivity contribution is 7.10. The molecule has 0 saturated carbocycles. The SMILES string of the molecule is CCCC[C@@H](Oc1cccc(CN2CCC(c3ccccc3)(N(C)C)CC2)c1)c1cccs1. The van der Waals surface area contributed by atoms with Crippen LogP contribution in [0.2, 0.25) is 0 Å². The van der Waals surface area contributed by atoms with Crippen molar-refractivity contribution in [1.29, 1.82) is 0 Å². The van der Waals surface area contributed by atoms with Crippen molar-refractivity contribution in [1.82, 2.24) is 9.80 Å². The number of nitrogens with zero attached hydrogens (tertiary/aromatic N) is 2. The highest BCUT2D eigenvalue weighted by atomic mass is 32.1. The van der Waals surface area contributed by atoms with E-state index in [1.165, 1.54) is 28.8 Å². The van der Waals surface area contributed by atoms with Crippen molar-refractivity contribution in [3.63, 3.8) is 0 Å².